The van der Waals surface area contributed by atoms with E-state index in [-0.39, 0.29) is 5.75 Å². The third-order valence-electron chi connectivity index (χ3n) is 2.84. The fraction of sp³-hybridized carbons (Fsp3) is 0.267. The van der Waals surface area contributed by atoms with E-state index in [0.717, 1.165) is 24.4 Å². The lowest BCUT2D eigenvalue weighted by molar-refractivity contribution is 0.414. The lowest BCUT2D eigenvalue weighted by atomic mass is 10.1. The maximum absolute atomic E-state index is 9.13. The van der Waals surface area contributed by atoms with Crippen LogP contribution in [0, 0.1) is 0 Å². The van der Waals surface area contributed by atoms with Crippen LogP contribution in [0.4, 0.5) is 0 Å². The molecule has 2 rings (SSSR count). The predicted octanol–water partition coefficient (Wildman–Crippen LogP) is 2.13. The third kappa shape index (κ3) is 4.26. The van der Waals surface area contributed by atoms with Gasteiger partial charge in [-0.2, -0.15) is 0 Å². The monoisotopic (exact) mass is 258 g/mol. The second kappa shape index (κ2) is 6.75. The van der Waals surface area contributed by atoms with Gasteiger partial charge in [0.05, 0.1) is 19.0 Å². The van der Waals surface area contributed by atoms with Crippen molar-refractivity contribution < 1.29 is 9.84 Å². The summed E-state index contributed by atoms with van der Waals surface area (Å²) in [6, 6.07) is 11.5. The van der Waals surface area contributed by atoms with Crippen molar-refractivity contribution in [3.05, 3.63) is 53.9 Å². The van der Waals surface area contributed by atoms with Crippen molar-refractivity contribution in [3.63, 3.8) is 0 Å². The zero-order chi connectivity index (χ0) is 13.5. The zero-order valence-corrected chi connectivity index (χ0v) is 11.0. The minimum atomic E-state index is 0.195. The van der Waals surface area contributed by atoms with E-state index in [1.54, 1.807) is 13.2 Å². The normalized spacial score (nSPS) is 10.4. The molecule has 4 nitrogen and oxygen atoms in total. The molecular formula is C15H18N2O2. The molecule has 4 heteroatoms. The molecule has 1 aromatic heterocycles. The molecule has 100 valence electrons. The summed E-state index contributed by atoms with van der Waals surface area (Å²) in [6.45, 7) is 1.57. The van der Waals surface area contributed by atoms with Crippen molar-refractivity contribution >= 4 is 0 Å². The van der Waals surface area contributed by atoms with E-state index in [2.05, 4.69) is 16.4 Å². The average molecular weight is 258 g/mol. The number of aromatic hydroxyl groups is 1. The molecule has 0 spiro atoms. The Morgan fingerprint density at radius 2 is 2.16 bits per heavy atom. The number of ether oxygens (including phenoxy) is 1. The topological polar surface area (TPSA) is 54.4 Å². The highest BCUT2D eigenvalue weighted by Gasteiger charge is 1.97. The van der Waals surface area contributed by atoms with Crippen LogP contribution in [0.5, 0.6) is 11.5 Å². The zero-order valence-electron chi connectivity index (χ0n) is 11.0. The number of benzene rings is 1. The molecule has 2 N–H and O–H groups in total. The molecule has 0 aliphatic heterocycles. The first kappa shape index (κ1) is 13.4. The van der Waals surface area contributed by atoms with Gasteiger partial charge in [0.1, 0.15) is 11.5 Å². The van der Waals surface area contributed by atoms with E-state index in [9.17, 15) is 0 Å². The Morgan fingerprint density at radius 3 is 2.89 bits per heavy atom. The Hall–Kier alpha value is -2.07. The van der Waals surface area contributed by atoms with Gasteiger partial charge in [-0.1, -0.05) is 12.1 Å². The van der Waals surface area contributed by atoms with Gasteiger partial charge in [0.2, 0.25) is 0 Å². The maximum Gasteiger partial charge on any atom is 0.133 e. The van der Waals surface area contributed by atoms with Gasteiger partial charge in [0.15, 0.2) is 0 Å². The predicted molar refractivity (Wildman–Crippen MR) is 74.3 cm³/mol. The van der Waals surface area contributed by atoms with E-state index >= 15 is 0 Å². The van der Waals surface area contributed by atoms with Crippen LogP contribution in [-0.4, -0.2) is 23.7 Å². The number of rotatable bonds is 6. The van der Waals surface area contributed by atoms with Crippen molar-refractivity contribution in [1.29, 1.82) is 0 Å². The molecular weight excluding hydrogens is 240 g/mol. The van der Waals surface area contributed by atoms with E-state index in [0.29, 0.717) is 6.54 Å². The molecule has 0 atom stereocenters. The quantitative estimate of drug-likeness (QED) is 0.779. The number of aromatic nitrogens is 1. The van der Waals surface area contributed by atoms with Crippen LogP contribution in [0.25, 0.3) is 0 Å². The molecule has 0 aliphatic rings. The molecule has 1 aromatic carbocycles. The molecule has 1 heterocycles. The molecule has 0 fully saturated rings. The van der Waals surface area contributed by atoms with E-state index < -0.39 is 0 Å². The van der Waals surface area contributed by atoms with Crippen LogP contribution in [0.3, 0.4) is 0 Å². The summed E-state index contributed by atoms with van der Waals surface area (Å²) in [7, 11) is 1.67. The SMILES string of the molecule is COc1cccc(CCNCc2ccc(O)cn2)c1. The van der Waals surface area contributed by atoms with Crippen LogP contribution >= 0.6 is 0 Å². The first-order valence-corrected chi connectivity index (χ1v) is 6.25. The van der Waals surface area contributed by atoms with Gasteiger partial charge < -0.3 is 15.2 Å². The molecule has 0 amide bonds. The number of nitrogens with one attached hydrogen (secondary N) is 1. The molecule has 0 saturated carbocycles. The Balaban J connectivity index is 1.75. The number of nitrogens with zero attached hydrogens (tertiary/aromatic N) is 1. The highest BCUT2D eigenvalue weighted by molar-refractivity contribution is 5.28. The summed E-state index contributed by atoms with van der Waals surface area (Å²) >= 11 is 0. The summed E-state index contributed by atoms with van der Waals surface area (Å²) < 4.78 is 5.19. The van der Waals surface area contributed by atoms with Gasteiger partial charge in [-0.15, -0.1) is 0 Å². The van der Waals surface area contributed by atoms with Gasteiger partial charge >= 0.3 is 0 Å². The molecule has 19 heavy (non-hydrogen) atoms. The minimum absolute atomic E-state index is 0.195. The Bertz CT molecular complexity index is 512. The Morgan fingerprint density at radius 1 is 1.26 bits per heavy atom. The first-order valence-electron chi connectivity index (χ1n) is 6.25. The van der Waals surface area contributed by atoms with Gasteiger partial charge in [0, 0.05) is 6.54 Å². The minimum Gasteiger partial charge on any atom is -0.506 e. The molecule has 2 aromatic rings. The van der Waals surface area contributed by atoms with Crippen molar-refractivity contribution in [2.24, 2.45) is 0 Å². The molecule has 0 aliphatic carbocycles. The van der Waals surface area contributed by atoms with Crippen LogP contribution < -0.4 is 10.1 Å². The fourth-order valence-electron chi connectivity index (χ4n) is 1.80. The number of pyridine rings is 1. The van der Waals surface area contributed by atoms with E-state index in [4.69, 9.17) is 9.84 Å². The molecule has 0 saturated heterocycles. The lowest BCUT2D eigenvalue weighted by Gasteiger charge is -2.06. The number of methoxy groups -OCH3 is 1. The maximum atomic E-state index is 9.13. The van der Waals surface area contributed by atoms with E-state index in [1.807, 2.05) is 24.3 Å². The summed E-state index contributed by atoms with van der Waals surface area (Å²) in [6.07, 6.45) is 2.40. The highest BCUT2D eigenvalue weighted by Crippen LogP contribution is 2.12. The summed E-state index contributed by atoms with van der Waals surface area (Å²) in [4.78, 5) is 4.12. The lowest BCUT2D eigenvalue weighted by Crippen LogP contribution is -2.17. The second-order valence-electron chi connectivity index (χ2n) is 4.29. The summed E-state index contributed by atoms with van der Waals surface area (Å²) in [5.74, 6) is 1.08. The van der Waals surface area contributed by atoms with Crippen molar-refractivity contribution in [3.8, 4) is 11.5 Å². The van der Waals surface area contributed by atoms with Crippen LogP contribution in [0.15, 0.2) is 42.6 Å². The molecule has 0 unspecified atom stereocenters. The summed E-state index contributed by atoms with van der Waals surface area (Å²) in [5, 5.41) is 12.5. The largest absolute Gasteiger partial charge is 0.506 e. The van der Waals surface area contributed by atoms with Crippen molar-refractivity contribution in [2.75, 3.05) is 13.7 Å². The van der Waals surface area contributed by atoms with Gasteiger partial charge in [-0.05, 0) is 42.8 Å². The Kier molecular flexibility index (Phi) is 4.75. The summed E-state index contributed by atoms with van der Waals surface area (Å²) in [5.41, 5.74) is 2.16. The first-order chi connectivity index (χ1) is 9.28. The van der Waals surface area contributed by atoms with Gasteiger partial charge in [-0.3, -0.25) is 4.98 Å². The number of hydrogen-bond acceptors (Lipinski definition) is 4. The smallest absolute Gasteiger partial charge is 0.133 e. The van der Waals surface area contributed by atoms with Crippen LogP contribution in [0.1, 0.15) is 11.3 Å². The fourth-order valence-corrected chi connectivity index (χ4v) is 1.80. The Labute approximate surface area is 113 Å². The molecule has 0 radical (unpaired) electrons. The van der Waals surface area contributed by atoms with Crippen LogP contribution in [0.2, 0.25) is 0 Å². The van der Waals surface area contributed by atoms with Crippen molar-refractivity contribution in [1.82, 2.24) is 10.3 Å². The van der Waals surface area contributed by atoms with Crippen molar-refractivity contribution in [2.45, 2.75) is 13.0 Å². The number of hydrogen-bond donors (Lipinski definition) is 2. The van der Waals surface area contributed by atoms with Gasteiger partial charge in [-0.25, -0.2) is 0 Å². The standard InChI is InChI=1S/C15H18N2O2/c1-19-15-4-2-3-12(9-15)7-8-16-10-13-5-6-14(18)11-17-13/h2-6,9,11,16,18H,7-8,10H2,1H3. The molecule has 0 bridgehead atoms. The third-order valence-corrected chi connectivity index (χ3v) is 2.84. The van der Waals surface area contributed by atoms with Gasteiger partial charge in [0.25, 0.3) is 0 Å². The van der Waals surface area contributed by atoms with Crippen LogP contribution in [-0.2, 0) is 13.0 Å². The highest BCUT2D eigenvalue weighted by atomic mass is 16.5. The second-order valence-corrected chi connectivity index (χ2v) is 4.29. The average Bonchev–Trinajstić information content (AvgIpc) is 2.46. The van der Waals surface area contributed by atoms with E-state index in [1.165, 1.54) is 11.8 Å².